The summed E-state index contributed by atoms with van der Waals surface area (Å²) in [4.78, 5) is 0. The molecule has 0 aliphatic carbocycles. The molecule has 8 aromatic rings. The van der Waals surface area contributed by atoms with Crippen molar-refractivity contribution in [1.29, 1.82) is 0 Å². The molecule has 48 heavy (non-hydrogen) atoms. The summed E-state index contributed by atoms with van der Waals surface area (Å²) in [5.41, 5.74) is 1.95. The molecule has 0 aliphatic rings. The molecule has 8 rings (SSSR count). The highest BCUT2D eigenvalue weighted by Gasteiger charge is 2.31. The highest BCUT2D eigenvalue weighted by atomic mass is 31.1. The van der Waals surface area contributed by atoms with E-state index in [1.807, 2.05) is 0 Å². The van der Waals surface area contributed by atoms with Crippen molar-refractivity contribution in [2.75, 3.05) is 0 Å². The van der Waals surface area contributed by atoms with Crippen molar-refractivity contribution in [3.05, 3.63) is 200 Å². The van der Waals surface area contributed by atoms with Gasteiger partial charge in [0.15, 0.2) is 0 Å². The first kappa shape index (κ1) is 30.7. The van der Waals surface area contributed by atoms with Gasteiger partial charge in [-0.2, -0.15) is 0 Å². The fourth-order valence-corrected chi connectivity index (χ4v) is 14.4. The lowest BCUT2D eigenvalue weighted by Gasteiger charge is -2.29. The molecule has 0 spiro atoms. The molecular weight excluding hydrogens is 637 g/mol. The van der Waals surface area contributed by atoms with Crippen LogP contribution in [0.5, 0.6) is 0 Å². The van der Waals surface area contributed by atoms with E-state index in [1.54, 1.807) is 0 Å². The minimum absolute atomic E-state index is 0.836. The second-order valence-corrected chi connectivity index (χ2v) is 17.9. The Balaban J connectivity index is 1.41. The van der Waals surface area contributed by atoms with Crippen LogP contribution in [-0.2, 0) is 0 Å². The number of benzene rings is 7. The van der Waals surface area contributed by atoms with Crippen LogP contribution in [0.1, 0.15) is 0 Å². The van der Waals surface area contributed by atoms with E-state index in [4.69, 9.17) is 4.42 Å². The molecule has 1 nitrogen and oxygen atoms in total. The minimum atomic E-state index is -1.10. The van der Waals surface area contributed by atoms with Crippen LogP contribution in [0.4, 0.5) is 0 Å². The van der Waals surface area contributed by atoms with Crippen LogP contribution < -0.4 is 47.9 Å². The zero-order valence-electron chi connectivity index (χ0n) is 26.3. The Labute approximate surface area is 286 Å². The Hall–Kier alpha value is -4.63. The Kier molecular flexibility index (Phi) is 9.10. The van der Waals surface area contributed by atoms with Crippen molar-refractivity contribution >= 4 is 82.7 Å². The summed E-state index contributed by atoms with van der Waals surface area (Å²) < 4.78 is 6.87. The third kappa shape index (κ3) is 6.19. The van der Waals surface area contributed by atoms with Crippen molar-refractivity contribution in [2.45, 2.75) is 0 Å². The topological polar surface area (TPSA) is 13.1 Å². The molecule has 0 saturated heterocycles. The van der Waals surface area contributed by atoms with Gasteiger partial charge in [0.25, 0.3) is 0 Å². The normalized spacial score (nSPS) is 11.5. The zero-order valence-corrected chi connectivity index (χ0v) is 29.0. The van der Waals surface area contributed by atoms with E-state index in [0.29, 0.717) is 0 Å². The predicted molar refractivity (Wildman–Crippen MR) is 212 cm³/mol. The molecule has 0 saturated carbocycles. The van der Waals surface area contributed by atoms with Gasteiger partial charge in [0.1, 0.15) is 11.1 Å². The first-order valence-electron chi connectivity index (χ1n) is 16.1. The third-order valence-corrected chi connectivity index (χ3v) is 16.2. The van der Waals surface area contributed by atoms with Crippen LogP contribution in [0.25, 0.3) is 11.0 Å². The van der Waals surface area contributed by atoms with E-state index in [0.717, 1.165) is 16.5 Å². The summed E-state index contributed by atoms with van der Waals surface area (Å²) in [7, 11) is -2.77. The van der Waals surface area contributed by atoms with Gasteiger partial charge >= 0.3 is 0 Å². The van der Waals surface area contributed by atoms with E-state index < -0.39 is 23.8 Å². The van der Waals surface area contributed by atoms with Crippen molar-refractivity contribution in [2.24, 2.45) is 0 Å². The van der Waals surface area contributed by atoms with Gasteiger partial charge in [-0.1, -0.05) is 188 Å². The van der Waals surface area contributed by atoms with Crippen molar-refractivity contribution in [1.82, 2.24) is 0 Å². The minimum Gasteiger partial charge on any atom is -0.456 e. The molecular formula is C44H33OP3. The fraction of sp³-hybridized carbons (Fsp3) is 0. The smallest absolute Gasteiger partial charge is 0.136 e. The summed E-state index contributed by atoms with van der Waals surface area (Å²) in [6, 6.07) is 73.1. The Bertz CT molecular complexity index is 2010. The average molecular weight is 671 g/mol. The summed E-state index contributed by atoms with van der Waals surface area (Å²) in [6.45, 7) is 0. The van der Waals surface area contributed by atoms with Gasteiger partial charge < -0.3 is 4.42 Å². The summed E-state index contributed by atoms with van der Waals surface area (Å²) in [5.74, 6) is 0. The van der Waals surface area contributed by atoms with E-state index in [1.165, 1.54) is 42.4 Å². The first-order chi connectivity index (χ1) is 23.8. The SMILES string of the molecule is c1ccc(P(c2ccccc2)c2ccccc2P(c2cc3ccccc3o2)c2ccccc2P(c2ccccc2)c2ccccc2)cc1. The van der Waals surface area contributed by atoms with Gasteiger partial charge in [-0.25, -0.2) is 0 Å². The quantitative estimate of drug-likeness (QED) is 0.144. The number of furan rings is 1. The monoisotopic (exact) mass is 670 g/mol. The van der Waals surface area contributed by atoms with Gasteiger partial charge in [-0.15, -0.1) is 0 Å². The zero-order chi connectivity index (χ0) is 32.1. The third-order valence-electron chi connectivity index (χ3n) is 8.42. The maximum atomic E-state index is 6.87. The number of rotatable bonds is 9. The number of fused-ring (bicyclic) bond motifs is 1. The number of hydrogen-bond donors (Lipinski definition) is 0. The molecule has 7 aromatic carbocycles. The lowest BCUT2D eigenvalue weighted by atomic mass is 10.3. The Morgan fingerprint density at radius 1 is 0.292 bits per heavy atom. The highest BCUT2D eigenvalue weighted by molar-refractivity contribution is 7.87. The average Bonchev–Trinajstić information content (AvgIpc) is 3.59. The molecule has 4 heteroatoms. The van der Waals surface area contributed by atoms with E-state index in [-0.39, 0.29) is 0 Å². The van der Waals surface area contributed by atoms with Gasteiger partial charge in [0.2, 0.25) is 0 Å². The molecule has 0 unspecified atom stereocenters. The molecule has 230 valence electrons. The van der Waals surface area contributed by atoms with Crippen LogP contribution in [0.2, 0.25) is 0 Å². The van der Waals surface area contributed by atoms with Crippen molar-refractivity contribution in [3.63, 3.8) is 0 Å². The fourth-order valence-electron chi connectivity index (χ4n) is 6.29. The summed E-state index contributed by atoms with van der Waals surface area (Å²) in [6.07, 6.45) is 0. The van der Waals surface area contributed by atoms with Gasteiger partial charge in [0.05, 0.1) is 0 Å². The van der Waals surface area contributed by atoms with Crippen LogP contribution in [-0.4, -0.2) is 0 Å². The molecule has 0 aliphatic heterocycles. The van der Waals surface area contributed by atoms with E-state index >= 15 is 0 Å². The second-order valence-electron chi connectivity index (χ2n) is 11.4. The molecule has 1 aromatic heterocycles. The molecule has 0 atom stereocenters. The summed E-state index contributed by atoms with van der Waals surface area (Å²) >= 11 is 0. The molecule has 0 fully saturated rings. The van der Waals surface area contributed by atoms with Crippen LogP contribution in [0.3, 0.4) is 0 Å². The van der Waals surface area contributed by atoms with Crippen LogP contribution in [0.15, 0.2) is 205 Å². The Morgan fingerprint density at radius 3 is 0.979 bits per heavy atom. The van der Waals surface area contributed by atoms with Gasteiger partial charge in [-0.05, 0) is 70.4 Å². The van der Waals surface area contributed by atoms with E-state index in [2.05, 4.69) is 200 Å². The molecule has 0 radical (unpaired) electrons. The largest absolute Gasteiger partial charge is 0.456 e. The van der Waals surface area contributed by atoms with Crippen LogP contribution >= 0.6 is 23.8 Å². The molecule has 0 amide bonds. The number of para-hydroxylation sites is 1. The maximum absolute atomic E-state index is 6.87. The van der Waals surface area contributed by atoms with Crippen molar-refractivity contribution < 1.29 is 4.42 Å². The molecule has 1 heterocycles. The van der Waals surface area contributed by atoms with Gasteiger partial charge in [-0.3, -0.25) is 0 Å². The standard InChI is InChI=1S/C44H33OP3/c1-5-20-35(21-6-1)46(36-22-7-2-8-23-36)40-29-15-17-31-42(40)48(44-33-34-19-13-14-28-39(34)45-44)43-32-18-16-30-41(43)47(37-24-9-3-10-25-37)38-26-11-4-12-27-38/h1-33H. The Morgan fingerprint density at radius 2 is 0.604 bits per heavy atom. The molecule has 0 N–H and O–H groups in total. The van der Waals surface area contributed by atoms with Gasteiger partial charge in [0, 0.05) is 13.3 Å². The number of hydrogen-bond acceptors (Lipinski definition) is 1. The van der Waals surface area contributed by atoms with Crippen LogP contribution in [0, 0.1) is 0 Å². The predicted octanol–water partition coefficient (Wildman–Crippen LogP) is 7.71. The lowest BCUT2D eigenvalue weighted by Crippen LogP contribution is -2.39. The molecule has 0 bridgehead atoms. The summed E-state index contributed by atoms with van der Waals surface area (Å²) in [5, 5.41) is 11.9. The van der Waals surface area contributed by atoms with Crippen molar-refractivity contribution in [3.8, 4) is 0 Å². The second kappa shape index (κ2) is 14.2. The lowest BCUT2D eigenvalue weighted by molar-refractivity contribution is 0.654. The highest BCUT2D eigenvalue weighted by Crippen LogP contribution is 2.42. The first-order valence-corrected chi connectivity index (χ1v) is 20.1. The maximum Gasteiger partial charge on any atom is 0.136 e. The van der Waals surface area contributed by atoms with E-state index in [9.17, 15) is 0 Å².